The normalized spacial score (nSPS) is 12.5. The lowest BCUT2D eigenvalue weighted by Gasteiger charge is -2.28. The van der Waals surface area contributed by atoms with Gasteiger partial charge in [-0.2, -0.15) is 13.2 Å². The quantitative estimate of drug-likeness (QED) is 0.688. The van der Waals surface area contributed by atoms with E-state index < -0.39 is 36.1 Å². The number of likely N-dealkylation sites (N-methyl/N-ethyl adjacent to an activating group) is 2. The molecule has 0 radical (unpaired) electrons. The van der Waals surface area contributed by atoms with Crippen LogP contribution in [0.2, 0.25) is 0 Å². The molecule has 0 unspecified atom stereocenters. The molecule has 2 aromatic carbocycles. The molecule has 0 aliphatic heterocycles. The van der Waals surface area contributed by atoms with Crippen LogP contribution in [-0.4, -0.2) is 48.3 Å². The number of benzene rings is 2. The first kappa shape index (κ1) is 23.3. The minimum Gasteiger partial charge on any atom is -0.335 e. The summed E-state index contributed by atoms with van der Waals surface area (Å²) in [6, 6.07) is 9.98. The van der Waals surface area contributed by atoms with Crippen molar-refractivity contribution in [3.63, 3.8) is 0 Å². The Balaban J connectivity index is 1.97. The predicted octanol–water partition coefficient (Wildman–Crippen LogP) is 3.76. The number of rotatable bonds is 7. The first-order chi connectivity index (χ1) is 14.0. The fourth-order valence-electron chi connectivity index (χ4n) is 2.89. The molecule has 0 aliphatic rings. The highest BCUT2D eigenvalue weighted by atomic mass is 19.4. The van der Waals surface area contributed by atoms with Gasteiger partial charge in [0.15, 0.2) is 0 Å². The van der Waals surface area contributed by atoms with Crippen LogP contribution in [0, 0.1) is 5.82 Å². The van der Waals surface area contributed by atoms with Gasteiger partial charge in [0.1, 0.15) is 5.82 Å². The van der Waals surface area contributed by atoms with E-state index in [0.717, 1.165) is 17.0 Å². The first-order valence-electron chi connectivity index (χ1n) is 9.14. The molecule has 2 aromatic rings. The van der Waals surface area contributed by atoms with Gasteiger partial charge in [-0.15, -0.1) is 0 Å². The topological polar surface area (TPSA) is 52.7 Å². The third-order valence-corrected chi connectivity index (χ3v) is 4.60. The average molecular weight is 425 g/mol. The lowest BCUT2D eigenvalue weighted by molar-refractivity contribution is -0.138. The van der Waals surface area contributed by atoms with Crippen LogP contribution in [0.25, 0.3) is 0 Å². The van der Waals surface area contributed by atoms with Crippen LogP contribution in [0.3, 0.4) is 0 Å². The van der Waals surface area contributed by atoms with Gasteiger partial charge in [0.2, 0.25) is 11.8 Å². The highest BCUT2D eigenvalue weighted by Gasteiger charge is 2.33. The number of alkyl halides is 3. The molecule has 1 N–H and O–H groups in total. The molecule has 2 amide bonds. The SMILES string of the molecule is C[C@@H](C(=O)N(C)CC(=O)Nc1ccccc1C(F)(F)F)N(C)Cc1cccc(F)c1. The zero-order valence-corrected chi connectivity index (χ0v) is 16.8. The van der Waals surface area contributed by atoms with Crippen LogP contribution in [-0.2, 0) is 22.3 Å². The van der Waals surface area contributed by atoms with Crippen LogP contribution in [0.15, 0.2) is 48.5 Å². The molecular weight excluding hydrogens is 402 g/mol. The molecule has 0 heterocycles. The minimum absolute atomic E-state index is 0.309. The summed E-state index contributed by atoms with van der Waals surface area (Å²) in [6.45, 7) is 1.53. The third-order valence-electron chi connectivity index (χ3n) is 4.60. The zero-order valence-electron chi connectivity index (χ0n) is 16.8. The molecule has 0 aromatic heterocycles. The molecule has 2 rings (SSSR count). The second-order valence-corrected chi connectivity index (χ2v) is 7.01. The third kappa shape index (κ3) is 6.28. The van der Waals surface area contributed by atoms with Gasteiger partial charge in [-0.05, 0) is 43.8 Å². The number of hydrogen-bond donors (Lipinski definition) is 1. The van der Waals surface area contributed by atoms with Gasteiger partial charge in [-0.3, -0.25) is 14.5 Å². The standard InChI is InChI=1S/C21H23F4N3O2/c1-14(27(2)12-15-7-6-8-16(22)11-15)20(30)28(3)13-19(29)26-18-10-5-4-9-17(18)21(23,24)25/h4-11,14H,12-13H2,1-3H3,(H,26,29)/t14-/m0/s1. The summed E-state index contributed by atoms with van der Waals surface area (Å²) in [5.74, 6) is -1.52. The van der Waals surface area contributed by atoms with Crippen molar-refractivity contribution in [1.29, 1.82) is 0 Å². The number of nitrogens with one attached hydrogen (secondary N) is 1. The Labute approximate surface area is 172 Å². The molecule has 0 bridgehead atoms. The number of halogens is 4. The van der Waals surface area contributed by atoms with Gasteiger partial charge < -0.3 is 10.2 Å². The van der Waals surface area contributed by atoms with Crippen molar-refractivity contribution in [2.75, 3.05) is 26.0 Å². The van der Waals surface area contributed by atoms with Crippen LogP contribution in [0.4, 0.5) is 23.2 Å². The summed E-state index contributed by atoms with van der Waals surface area (Å²) in [7, 11) is 3.07. The van der Waals surface area contributed by atoms with E-state index in [2.05, 4.69) is 5.32 Å². The fraction of sp³-hybridized carbons (Fsp3) is 0.333. The maximum absolute atomic E-state index is 13.3. The van der Waals surface area contributed by atoms with E-state index in [0.29, 0.717) is 12.1 Å². The van der Waals surface area contributed by atoms with Crippen LogP contribution in [0.5, 0.6) is 0 Å². The van der Waals surface area contributed by atoms with Crippen molar-refractivity contribution in [1.82, 2.24) is 9.80 Å². The summed E-state index contributed by atoms with van der Waals surface area (Å²) in [5.41, 5.74) is -0.649. The Morgan fingerprint density at radius 1 is 1.07 bits per heavy atom. The lowest BCUT2D eigenvalue weighted by atomic mass is 10.1. The van der Waals surface area contributed by atoms with Crippen molar-refractivity contribution in [2.24, 2.45) is 0 Å². The molecule has 1 atom stereocenters. The number of carbonyl (C=O) groups excluding carboxylic acids is 2. The Hall–Kier alpha value is -2.94. The summed E-state index contributed by atoms with van der Waals surface area (Å²) < 4.78 is 52.5. The molecule has 5 nitrogen and oxygen atoms in total. The molecule has 0 saturated heterocycles. The predicted molar refractivity (Wildman–Crippen MR) is 105 cm³/mol. The minimum atomic E-state index is -4.61. The summed E-state index contributed by atoms with van der Waals surface area (Å²) in [5, 5.41) is 2.21. The van der Waals surface area contributed by atoms with Crippen molar-refractivity contribution in [3.05, 3.63) is 65.5 Å². The van der Waals surface area contributed by atoms with E-state index in [1.54, 1.807) is 31.0 Å². The van der Waals surface area contributed by atoms with Crippen molar-refractivity contribution < 1.29 is 27.2 Å². The van der Waals surface area contributed by atoms with E-state index in [4.69, 9.17) is 0 Å². The number of para-hydroxylation sites is 1. The molecule has 30 heavy (non-hydrogen) atoms. The van der Waals surface area contributed by atoms with Crippen molar-refractivity contribution in [2.45, 2.75) is 25.7 Å². The molecule has 0 aliphatic carbocycles. The van der Waals surface area contributed by atoms with Crippen molar-refractivity contribution in [3.8, 4) is 0 Å². The number of carbonyl (C=O) groups is 2. The summed E-state index contributed by atoms with van der Waals surface area (Å²) >= 11 is 0. The Bertz CT molecular complexity index is 902. The van der Waals surface area contributed by atoms with Gasteiger partial charge in [-0.25, -0.2) is 4.39 Å². The molecular formula is C21H23F4N3O2. The molecule has 0 spiro atoms. The molecule has 0 saturated carbocycles. The zero-order chi connectivity index (χ0) is 22.5. The Morgan fingerprint density at radius 3 is 2.37 bits per heavy atom. The smallest absolute Gasteiger partial charge is 0.335 e. The fourth-order valence-corrected chi connectivity index (χ4v) is 2.89. The van der Waals surface area contributed by atoms with Crippen LogP contribution in [0.1, 0.15) is 18.1 Å². The van der Waals surface area contributed by atoms with Gasteiger partial charge in [0, 0.05) is 13.6 Å². The van der Waals surface area contributed by atoms with E-state index in [1.165, 1.54) is 31.3 Å². The Morgan fingerprint density at radius 2 is 1.73 bits per heavy atom. The van der Waals surface area contributed by atoms with Crippen LogP contribution < -0.4 is 5.32 Å². The first-order valence-corrected chi connectivity index (χ1v) is 9.14. The largest absolute Gasteiger partial charge is 0.418 e. The molecule has 0 fully saturated rings. The van der Waals surface area contributed by atoms with E-state index in [1.807, 2.05) is 0 Å². The maximum Gasteiger partial charge on any atom is 0.418 e. The lowest BCUT2D eigenvalue weighted by Crippen LogP contribution is -2.46. The molecule has 9 heteroatoms. The second kappa shape index (κ2) is 9.71. The van der Waals surface area contributed by atoms with E-state index in [-0.39, 0.29) is 11.5 Å². The highest BCUT2D eigenvalue weighted by molar-refractivity contribution is 5.95. The average Bonchev–Trinajstić information content (AvgIpc) is 2.66. The number of hydrogen-bond acceptors (Lipinski definition) is 3. The number of nitrogens with zero attached hydrogens (tertiary/aromatic N) is 2. The van der Waals surface area contributed by atoms with Gasteiger partial charge in [0.05, 0.1) is 23.8 Å². The molecule has 162 valence electrons. The van der Waals surface area contributed by atoms with Crippen molar-refractivity contribution >= 4 is 17.5 Å². The van der Waals surface area contributed by atoms with Gasteiger partial charge >= 0.3 is 6.18 Å². The van der Waals surface area contributed by atoms with Gasteiger partial charge in [-0.1, -0.05) is 24.3 Å². The van der Waals surface area contributed by atoms with Crippen LogP contribution >= 0.6 is 0 Å². The van der Waals surface area contributed by atoms with E-state index >= 15 is 0 Å². The number of anilines is 1. The van der Waals surface area contributed by atoms with Gasteiger partial charge in [0.25, 0.3) is 0 Å². The second-order valence-electron chi connectivity index (χ2n) is 7.01. The number of amides is 2. The maximum atomic E-state index is 13.3. The monoisotopic (exact) mass is 425 g/mol. The van der Waals surface area contributed by atoms with E-state index in [9.17, 15) is 27.2 Å². The Kier molecular flexibility index (Phi) is 7.55. The highest BCUT2D eigenvalue weighted by Crippen LogP contribution is 2.34. The summed E-state index contributed by atoms with van der Waals surface area (Å²) in [6.07, 6.45) is -4.61. The summed E-state index contributed by atoms with van der Waals surface area (Å²) in [4.78, 5) is 27.6.